The van der Waals surface area contributed by atoms with Crippen LogP contribution in [0, 0.1) is 0 Å². The van der Waals surface area contributed by atoms with Gasteiger partial charge in [-0.2, -0.15) is 0 Å². The molecule has 0 fully saturated rings. The van der Waals surface area contributed by atoms with Crippen LogP contribution in [0.4, 0.5) is 11.5 Å². The summed E-state index contributed by atoms with van der Waals surface area (Å²) in [6.45, 7) is 0. The third kappa shape index (κ3) is 4.05. The van der Waals surface area contributed by atoms with Crippen LogP contribution in [-0.4, -0.2) is 33.9 Å². The van der Waals surface area contributed by atoms with Crippen molar-refractivity contribution in [3.8, 4) is 28.5 Å². The molecule has 8 heteroatoms. The number of hydrogen-bond donors (Lipinski definition) is 1. The van der Waals surface area contributed by atoms with Crippen molar-refractivity contribution in [1.82, 2.24) is 19.7 Å². The highest BCUT2D eigenvalue weighted by atomic mass is 32.2. The van der Waals surface area contributed by atoms with Crippen molar-refractivity contribution < 1.29 is 8.42 Å². The van der Waals surface area contributed by atoms with Gasteiger partial charge < -0.3 is 5.32 Å². The number of nitrogens with zero attached hydrogens (tertiary/aromatic N) is 4. The van der Waals surface area contributed by atoms with Crippen molar-refractivity contribution in [2.24, 2.45) is 0 Å². The summed E-state index contributed by atoms with van der Waals surface area (Å²) >= 11 is 0. The maximum absolute atomic E-state index is 12.6. The first-order chi connectivity index (χ1) is 17.6. The van der Waals surface area contributed by atoms with Gasteiger partial charge in [-0.25, -0.2) is 13.4 Å². The number of fused-ring (bicyclic) bond motifs is 5. The number of sulfone groups is 1. The van der Waals surface area contributed by atoms with Crippen molar-refractivity contribution >= 4 is 21.3 Å². The largest absolute Gasteiger partial charge is 0.338 e. The molecule has 0 aliphatic carbocycles. The van der Waals surface area contributed by atoms with E-state index in [1.54, 1.807) is 30.5 Å². The van der Waals surface area contributed by atoms with Crippen LogP contribution in [0.25, 0.3) is 28.5 Å². The number of aromatic nitrogens is 4. The molecule has 36 heavy (non-hydrogen) atoms. The molecule has 6 rings (SSSR count). The van der Waals surface area contributed by atoms with Gasteiger partial charge in [-0.15, -0.1) is 10.2 Å². The number of rotatable bonds is 6. The van der Waals surface area contributed by atoms with Gasteiger partial charge in [-0.1, -0.05) is 54.6 Å². The van der Waals surface area contributed by atoms with Gasteiger partial charge in [0.15, 0.2) is 27.3 Å². The van der Waals surface area contributed by atoms with Gasteiger partial charge in [-0.05, 0) is 54.8 Å². The van der Waals surface area contributed by atoms with E-state index in [9.17, 15) is 8.42 Å². The Morgan fingerprint density at radius 1 is 0.778 bits per heavy atom. The van der Waals surface area contributed by atoms with Crippen LogP contribution in [0.1, 0.15) is 12.0 Å². The topological polar surface area (TPSA) is 89.8 Å². The molecule has 0 saturated carbocycles. The Morgan fingerprint density at radius 3 is 2.36 bits per heavy atom. The number of pyridine rings is 1. The zero-order valence-corrected chi connectivity index (χ0v) is 20.2. The molecule has 1 aliphatic rings. The lowest BCUT2D eigenvalue weighted by Gasteiger charge is -2.11. The molecule has 0 unspecified atom stereocenters. The van der Waals surface area contributed by atoms with Gasteiger partial charge in [-0.3, -0.25) is 4.57 Å². The van der Waals surface area contributed by atoms with Gasteiger partial charge in [0.2, 0.25) is 0 Å². The Bertz CT molecular complexity index is 1650. The lowest BCUT2D eigenvalue weighted by molar-refractivity contribution is 0.593. The van der Waals surface area contributed by atoms with Crippen molar-refractivity contribution in [2.45, 2.75) is 17.7 Å². The smallest absolute Gasteiger partial charge is 0.178 e. The lowest BCUT2D eigenvalue weighted by atomic mass is 10.1. The molecule has 178 valence electrons. The summed E-state index contributed by atoms with van der Waals surface area (Å²) in [5.74, 6) is 2.32. The molecule has 7 nitrogen and oxygen atoms in total. The number of hydrogen-bond acceptors (Lipinski definition) is 6. The summed E-state index contributed by atoms with van der Waals surface area (Å²) in [5, 5.41) is 12.5. The fraction of sp³-hybridized carbons (Fsp3) is 0.107. The number of nitrogens with one attached hydrogen (secondary N) is 1. The third-order valence-electron chi connectivity index (χ3n) is 6.30. The molecular formula is C28H23N5O2S. The van der Waals surface area contributed by atoms with Gasteiger partial charge in [0.1, 0.15) is 0 Å². The standard InChI is InChI=1S/C28H23N5O2S/c34-36(35,22-9-2-1-3-10-22)19-7-8-20-14-16-21(17-15-20)27-31-32-28-23-11-4-5-12-24(23)30-26-25(33(27)28)13-6-18-29-26/h1-6,9-18H,7-8,19H2,(H,29,30). The van der Waals surface area contributed by atoms with Crippen LogP contribution in [0.2, 0.25) is 0 Å². The lowest BCUT2D eigenvalue weighted by Crippen LogP contribution is -2.07. The Kier molecular flexibility index (Phi) is 5.58. The minimum Gasteiger partial charge on any atom is -0.338 e. The Hall–Kier alpha value is -4.30. The van der Waals surface area contributed by atoms with Crippen LogP contribution in [0.5, 0.6) is 0 Å². The van der Waals surface area contributed by atoms with Crippen LogP contribution in [0.3, 0.4) is 0 Å². The quantitative estimate of drug-likeness (QED) is 0.331. The van der Waals surface area contributed by atoms with E-state index in [4.69, 9.17) is 0 Å². The first-order valence-electron chi connectivity index (χ1n) is 11.7. The molecule has 1 aliphatic heterocycles. The molecule has 0 radical (unpaired) electrons. The van der Waals surface area contributed by atoms with Crippen LogP contribution in [-0.2, 0) is 16.3 Å². The number of para-hydroxylation sites is 1. The van der Waals surface area contributed by atoms with Crippen molar-refractivity contribution in [2.75, 3.05) is 11.1 Å². The fourth-order valence-electron chi connectivity index (χ4n) is 4.49. The monoisotopic (exact) mass is 493 g/mol. The molecule has 0 atom stereocenters. The molecule has 0 spiro atoms. The van der Waals surface area contributed by atoms with E-state index in [1.807, 2.05) is 71.3 Å². The first-order valence-corrected chi connectivity index (χ1v) is 13.4. The maximum atomic E-state index is 12.6. The Balaban J connectivity index is 1.27. The zero-order valence-electron chi connectivity index (χ0n) is 19.4. The number of benzene rings is 3. The highest BCUT2D eigenvalue weighted by molar-refractivity contribution is 7.91. The molecule has 1 N–H and O–H groups in total. The SMILES string of the molecule is O=S(=O)(CCCc1ccc(-c2nnc3n2-c2cccnc2Nc2ccccc2-3)cc1)c1ccccc1. The second-order valence-electron chi connectivity index (χ2n) is 8.66. The fourth-order valence-corrected chi connectivity index (χ4v) is 5.83. The Morgan fingerprint density at radius 2 is 1.53 bits per heavy atom. The van der Waals surface area contributed by atoms with Crippen molar-refractivity contribution in [1.29, 1.82) is 0 Å². The van der Waals surface area contributed by atoms with E-state index in [0.29, 0.717) is 17.7 Å². The van der Waals surface area contributed by atoms with Crippen LogP contribution >= 0.6 is 0 Å². The minimum atomic E-state index is -3.27. The van der Waals surface area contributed by atoms with Crippen LogP contribution in [0.15, 0.2) is 102 Å². The van der Waals surface area contributed by atoms with Gasteiger partial charge >= 0.3 is 0 Å². The molecule has 3 aromatic carbocycles. The molecule has 0 saturated heterocycles. The van der Waals surface area contributed by atoms with Crippen molar-refractivity contribution in [3.63, 3.8) is 0 Å². The second-order valence-corrected chi connectivity index (χ2v) is 10.8. The predicted octanol–water partition coefficient (Wildman–Crippen LogP) is 5.46. The van der Waals surface area contributed by atoms with E-state index in [-0.39, 0.29) is 5.75 Å². The molecular weight excluding hydrogens is 470 g/mol. The summed E-state index contributed by atoms with van der Waals surface area (Å²) < 4.78 is 27.1. The van der Waals surface area contributed by atoms with Crippen LogP contribution < -0.4 is 5.32 Å². The Labute approximate surface area is 209 Å². The zero-order chi connectivity index (χ0) is 24.5. The highest BCUT2D eigenvalue weighted by Gasteiger charge is 2.24. The van der Waals surface area contributed by atoms with Gasteiger partial charge in [0.05, 0.1) is 22.0 Å². The second kappa shape index (κ2) is 9.05. The van der Waals surface area contributed by atoms with E-state index in [1.165, 1.54) is 0 Å². The average molecular weight is 494 g/mol. The molecule has 0 bridgehead atoms. The normalized spacial score (nSPS) is 12.1. The molecule has 3 heterocycles. The van der Waals surface area contributed by atoms with Gasteiger partial charge in [0, 0.05) is 17.3 Å². The van der Waals surface area contributed by atoms with Gasteiger partial charge in [0.25, 0.3) is 0 Å². The summed E-state index contributed by atoms with van der Waals surface area (Å²) in [4.78, 5) is 4.92. The number of anilines is 2. The summed E-state index contributed by atoms with van der Waals surface area (Å²) in [6, 6.07) is 28.6. The summed E-state index contributed by atoms with van der Waals surface area (Å²) in [7, 11) is -3.27. The highest BCUT2D eigenvalue weighted by Crippen LogP contribution is 2.38. The summed E-state index contributed by atoms with van der Waals surface area (Å²) in [6.07, 6.45) is 2.99. The molecule has 0 amide bonds. The number of aryl methyl sites for hydroxylation is 1. The average Bonchev–Trinajstić information content (AvgIpc) is 3.29. The molecule has 2 aromatic heterocycles. The first kappa shape index (κ1) is 22.2. The van der Waals surface area contributed by atoms with E-state index >= 15 is 0 Å². The third-order valence-corrected chi connectivity index (χ3v) is 8.12. The van der Waals surface area contributed by atoms with Crippen molar-refractivity contribution in [3.05, 3.63) is 103 Å². The minimum absolute atomic E-state index is 0.118. The summed E-state index contributed by atoms with van der Waals surface area (Å²) in [5.41, 5.74) is 4.75. The van der Waals surface area contributed by atoms with E-state index in [0.717, 1.165) is 45.5 Å². The maximum Gasteiger partial charge on any atom is 0.178 e. The van der Waals surface area contributed by atoms with E-state index in [2.05, 4.69) is 20.5 Å². The predicted molar refractivity (Wildman–Crippen MR) is 140 cm³/mol. The molecule has 5 aromatic rings. The van der Waals surface area contributed by atoms with E-state index < -0.39 is 9.84 Å².